The average molecular weight is 287 g/mol. The van der Waals surface area contributed by atoms with Crippen LogP contribution in [0, 0.1) is 27.7 Å². The Balaban J connectivity index is 2.43. The zero-order chi connectivity index (χ0) is 14.7. The molecule has 1 aromatic carbocycles. The third-order valence-corrected chi connectivity index (χ3v) is 4.55. The molecule has 0 saturated heterocycles. The first-order valence-electron chi connectivity index (χ1n) is 7.39. The lowest BCUT2D eigenvalue weighted by molar-refractivity contribution is 0.597. The van der Waals surface area contributed by atoms with Crippen molar-refractivity contribution >= 4 is 11.3 Å². The van der Waals surface area contributed by atoms with E-state index in [2.05, 4.69) is 64.2 Å². The van der Waals surface area contributed by atoms with Crippen molar-refractivity contribution in [2.75, 3.05) is 6.54 Å². The van der Waals surface area contributed by atoms with Crippen LogP contribution in [-0.4, -0.2) is 6.54 Å². The number of aryl methyl sites for hydroxylation is 4. The maximum atomic E-state index is 3.72. The molecule has 0 spiro atoms. The maximum absolute atomic E-state index is 3.72. The van der Waals surface area contributed by atoms with E-state index in [9.17, 15) is 0 Å². The van der Waals surface area contributed by atoms with E-state index >= 15 is 0 Å². The molecule has 0 saturated carbocycles. The molecule has 1 atom stereocenters. The number of benzene rings is 1. The number of nitrogens with one attached hydrogen (secondary N) is 1. The Morgan fingerprint density at radius 2 is 1.65 bits per heavy atom. The van der Waals surface area contributed by atoms with Crippen molar-refractivity contribution in [1.29, 1.82) is 0 Å². The van der Waals surface area contributed by atoms with Crippen LogP contribution in [0.25, 0.3) is 0 Å². The first-order valence-corrected chi connectivity index (χ1v) is 8.21. The minimum Gasteiger partial charge on any atom is -0.306 e. The van der Waals surface area contributed by atoms with Gasteiger partial charge in [-0.3, -0.25) is 0 Å². The lowest BCUT2D eigenvalue weighted by Crippen LogP contribution is -2.23. The molecule has 1 N–H and O–H groups in total. The molecule has 1 heterocycles. The zero-order valence-electron chi connectivity index (χ0n) is 13.2. The Hall–Kier alpha value is -1.12. The minimum absolute atomic E-state index is 0.318. The molecule has 1 aromatic heterocycles. The monoisotopic (exact) mass is 287 g/mol. The topological polar surface area (TPSA) is 12.0 Å². The van der Waals surface area contributed by atoms with Gasteiger partial charge in [0.15, 0.2) is 0 Å². The highest BCUT2D eigenvalue weighted by Gasteiger charge is 2.17. The van der Waals surface area contributed by atoms with Crippen molar-refractivity contribution in [2.45, 2.75) is 47.1 Å². The van der Waals surface area contributed by atoms with Gasteiger partial charge in [-0.15, -0.1) is 11.3 Å². The third-order valence-electron chi connectivity index (χ3n) is 3.57. The van der Waals surface area contributed by atoms with Gasteiger partial charge in [0.05, 0.1) is 6.04 Å². The number of hydrogen-bond donors (Lipinski definition) is 1. The molecule has 0 bridgehead atoms. The van der Waals surface area contributed by atoms with Gasteiger partial charge in [-0.05, 0) is 57.9 Å². The SMILES string of the molecule is CCCNC(c1cc(C)cc(C)c1)c1cc(C)sc1C. The Bertz CT molecular complexity index is 563. The lowest BCUT2D eigenvalue weighted by Gasteiger charge is -2.20. The van der Waals surface area contributed by atoms with Gasteiger partial charge in [0.2, 0.25) is 0 Å². The van der Waals surface area contributed by atoms with E-state index in [4.69, 9.17) is 0 Å². The molecule has 0 amide bonds. The minimum atomic E-state index is 0.318. The molecular formula is C18H25NS. The van der Waals surface area contributed by atoms with E-state index in [-0.39, 0.29) is 0 Å². The molecule has 1 unspecified atom stereocenters. The highest BCUT2D eigenvalue weighted by molar-refractivity contribution is 7.12. The Morgan fingerprint density at radius 3 is 2.15 bits per heavy atom. The van der Waals surface area contributed by atoms with Crippen molar-refractivity contribution in [3.8, 4) is 0 Å². The summed E-state index contributed by atoms with van der Waals surface area (Å²) in [5.74, 6) is 0. The predicted molar refractivity (Wildman–Crippen MR) is 89.8 cm³/mol. The van der Waals surface area contributed by atoms with Gasteiger partial charge in [0.1, 0.15) is 0 Å². The zero-order valence-corrected chi connectivity index (χ0v) is 14.0. The van der Waals surface area contributed by atoms with Gasteiger partial charge >= 0.3 is 0 Å². The second-order valence-corrected chi connectivity index (χ2v) is 7.14. The molecule has 108 valence electrons. The molecule has 0 aliphatic heterocycles. The van der Waals surface area contributed by atoms with E-state index in [1.54, 1.807) is 0 Å². The van der Waals surface area contributed by atoms with Crippen LogP contribution < -0.4 is 5.32 Å². The van der Waals surface area contributed by atoms with Crippen LogP contribution >= 0.6 is 11.3 Å². The summed E-state index contributed by atoms with van der Waals surface area (Å²) in [5.41, 5.74) is 5.50. The average Bonchev–Trinajstić information content (AvgIpc) is 2.68. The summed E-state index contributed by atoms with van der Waals surface area (Å²) in [6.45, 7) is 12.1. The van der Waals surface area contributed by atoms with Crippen LogP contribution in [0.2, 0.25) is 0 Å². The van der Waals surface area contributed by atoms with Gasteiger partial charge in [-0.2, -0.15) is 0 Å². The molecular weight excluding hydrogens is 262 g/mol. The van der Waals surface area contributed by atoms with Crippen LogP contribution in [0.3, 0.4) is 0 Å². The fourth-order valence-electron chi connectivity index (χ4n) is 2.81. The lowest BCUT2D eigenvalue weighted by atomic mass is 9.95. The fourth-order valence-corrected chi connectivity index (χ4v) is 3.77. The van der Waals surface area contributed by atoms with Crippen molar-refractivity contribution in [1.82, 2.24) is 5.32 Å². The molecule has 2 rings (SSSR count). The van der Waals surface area contributed by atoms with Gasteiger partial charge in [0.25, 0.3) is 0 Å². The predicted octanol–water partition coefficient (Wildman–Crippen LogP) is 5.07. The third kappa shape index (κ3) is 3.50. The van der Waals surface area contributed by atoms with Gasteiger partial charge in [-0.25, -0.2) is 0 Å². The maximum Gasteiger partial charge on any atom is 0.0587 e. The second kappa shape index (κ2) is 6.55. The van der Waals surface area contributed by atoms with Gasteiger partial charge < -0.3 is 5.32 Å². The standard InChI is InChI=1S/C18H25NS/c1-6-7-19-18(17-11-14(4)20-15(17)5)16-9-12(2)8-13(3)10-16/h8-11,18-19H,6-7H2,1-5H3. The number of thiophene rings is 1. The van der Waals surface area contributed by atoms with Crippen LogP contribution in [0.5, 0.6) is 0 Å². The molecule has 20 heavy (non-hydrogen) atoms. The Morgan fingerprint density at radius 1 is 1.00 bits per heavy atom. The van der Waals surface area contributed by atoms with Gasteiger partial charge in [-0.1, -0.05) is 36.2 Å². The first kappa shape index (κ1) is 15.3. The normalized spacial score (nSPS) is 12.7. The summed E-state index contributed by atoms with van der Waals surface area (Å²) in [6.07, 6.45) is 1.16. The Kier molecular flexibility index (Phi) is 5.00. The summed E-state index contributed by atoms with van der Waals surface area (Å²) >= 11 is 1.89. The molecule has 0 aliphatic rings. The van der Waals surface area contributed by atoms with Crippen molar-refractivity contribution in [3.63, 3.8) is 0 Å². The quantitative estimate of drug-likeness (QED) is 0.809. The van der Waals surface area contributed by atoms with E-state index < -0.39 is 0 Å². The number of rotatable bonds is 5. The van der Waals surface area contributed by atoms with Gasteiger partial charge in [0, 0.05) is 9.75 Å². The van der Waals surface area contributed by atoms with Crippen LogP contribution in [0.4, 0.5) is 0 Å². The van der Waals surface area contributed by atoms with Crippen molar-refractivity contribution in [3.05, 3.63) is 56.3 Å². The molecule has 2 heteroatoms. The van der Waals surface area contributed by atoms with Crippen molar-refractivity contribution < 1.29 is 0 Å². The summed E-state index contributed by atoms with van der Waals surface area (Å²) in [4.78, 5) is 2.82. The molecule has 0 radical (unpaired) electrons. The van der Waals surface area contributed by atoms with Crippen LogP contribution in [0.1, 0.15) is 51.4 Å². The summed E-state index contributed by atoms with van der Waals surface area (Å²) in [6, 6.07) is 9.52. The van der Waals surface area contributed by atoms with E-state index in [0.717, 1.165) is 13.0 Å². The van der Waals surface area contributed by atoms with Crippen LogP contribution in [0.15, 0.2) is 24.3 Å². The summed E-state index contributed by atoms with van der Waals surface area (Å²) in [7, 11) is 0. The summed E-state index contributed by atoms with van der Waals surface area (Å²) < 4.78 is 0. The molecule has 1 nitrogen and oxygen atoms in total. The van der Waals surface area contributed by atoms with E-state index in [1.165, 1.54) is 32.0 Å². The van der Waals surface area contributed by atoms with Crippen LogP contribution in [-0.2, 0) is 0 Å². The first-order chi connectivity index (χ1) is 9.51. The number of hydrogen-bond acceptors (Lipinski definition) is 2. The molecule has 0 aliphatic carbocycles. The highest BCUT2D eigenvalue weighted by Crippen LogP contribution is 2.31. The van der Waals surface area contributed by atoms with E-state index in [1.807, 2.05) is 11.3 Å². The fraction of sp³-hybridized carbons (Fsp3) is 0.444. The summed E-state index contributed by atoms with van der Waals surface area (Å²) in [5, 5.41) is 3.72. The Labute approximate surface area is 127 Å². The van der Waals surface area contributed by atoms with Crippen molar-refractivity contribution in [2.24, 2.45) is 0 Å². The largest absolute Gasteiger partial charge is 0.306 e. The van der Waals surface area contributed by atoms with E-state index in [0.29, 0.717) is 6.04 Å². The molecule has 0 fully saturated rings. The second-order valence-electron chi connectivity index (χ2n) is 5.68. The molecule has 2 aromatic rings. The smallest absolute Gasteiger partial charge is 0.0587 e. The highest BCUT2D eigenvalue weighted by atomic mass is 32.1.